The van der Waals surface area contributed by atoms with E-state index in [-0.39, 0.29) is 0 Å². The minimum Gasteiger partial charge on any atom is -0.105 e. The molecule has 62 valence electrons. The smallest absolute Gasteiger partial charge is 0.105 e. The maximum atomic E-state index is 2.31. The van der Waals surface area contributed by atoms with Crippen LogP contribution in [0.1, 0.15) is 0 Å². The van der Waals surface area contributed by atoms with E-state index in [1.807, 2.05) is 0 Å². The van der Waals surface area contributed by atoms with E-state index in [0.29, 0.717) is 13.4 Å². The van der Waals surface area contributed by atoms with Gasteiger partial charge in [-0.2, -0.15) is 0 Å². The molecule has 0 N–H and O–H groups in total. The van der Waals surface area contributed by atoms with E-state index in [2.05, 4.69) is 48.2 Å². The van der Waals surface area contributed by atoms with Crippen LogP contribution in [0.25, 0.3) is 0 Å². The zero-order valence-electron chi connectivity index (χ0n) is 7.77. The fourth-order valence-electron chi connectivity index (χ4n) is 2.87. The Hall–Kier alpha value is -1.43. The number of hydrogen-bond donors (Lipinski definition) is 0. The molecule has 0 atom stereocenters. The summed E-state index contributed by atoms with van der Waals surface area (Å²) >= 11 is 0. The lowest BCUT2D eigenvalue weighted by atomic mass is 9.32. The summed E-state index contributed by atoms with van der Waals surface area (Å²) < 4.78 is 0. The molecule has 0 bridgehead atoms. The van der Waals surface area contributed by atoms with Gasteiger partial charge in [-0.1, -0.05) is 35.2 Å². The van der Waals surface area contributed by atoms with Crippen LogP contribution in [0.4, 0.5) is 0 Å². The molecule has 4 aliphatic rings. The van der Waals surface area contributed by atoms with Crippen molar-refractivity contribution in [2.24, 2.45) is 0 Å². The third kappa shape index (κ3) is 0.651. The average Bonchev–Trinajstić information content (AvgIpc) is 2.77. The van der Waals surface area contributed by atoms with E-state index in [9.17, 15) is 0 Å². The standard InChI is InChI=1S/C12H8B2/c1-5-13-8-4-10-2-6-14-7-3-9(1)11(13)12(10)14/h1-8H. The fraction of sp³-hybridized carbons (Fsp3) is 0. The molecule has 14 heavy (non-hydrogen) atoms. The molecule has 0 nitrogen and oxygen atoms in total. The number of hydrogen-bond acceptors (Lipinski definition) is 0. The summed E-state index contributed by atoms with van der Waals surface area (Å²) in [5.41, 5.74) is 5.96. The van der Waals surface area contributed by atoms with Gasteiger partial charge in [0.15, 0.2) is 0 Å². The van der Waals surface area contributed by atoms with Crippen LogP contribution >= 0.6 is 0 Å². The SMILES string of the molecule is C1=CC2=C3B1C=CC1=C3B(C=C1)C=C2. The van der Waals surface area contributed by atoms with Crippen LogP contribution in [0.5, 0.6) is 0 Å². The Morgan fingerprint density at radius 2 is 0.929 bits per heavy atom. The van der Waals surface area contributed by atoms with Gasteiger partial charge < -0.3 is 0 Å². The maximum absolute atomic E-state index is 2.31. The highest BCUT2D eigenvalue weighted by Gasteiger charge is 2.35. The van der Waals surface area contributed by atoms with Gasteiger partial charge in [0.2, 0.25) is 13.4 Å². The van der Waals surface area contributed by atoms with Gasteiger partial charge in [0.1, 0.15) is 0 Å². The van der Waals surface area contributed by atoms with Crippen molar-refractivity contribution in [2.45, 2.75) is 0 Å². The van der Waals surface area contributed by atoms with Gasteiger partial charge in [-0.3, -0.25) is 0 Å². The monoisotopic (exact) mass is 174 g/mol. The van der Waals surface area contributed by atoms with E-state index in [0.717, 1.165) is 0 Å². The Kier molecular flexibility index (Phi) is 1.06. The Morgan fingerprint density at radius 3 is 1.29 bits per heavy atom. The Morgan fingerprint density at radius 1 is 0.571 bits per heavy atom. The molecule has 0 spiro atoms. The summed E-state index contributed by atoms with van der Waals surface area (Å²) in [4.78, 5) is 0. The first-order chi connectivity index (χ1) is 6.93. The third-order valence-electron chi connectivity index (χ3n) is 3.51. The average molecular weight is 174 g/mol. The largest absolute Gasteiger partial charge is 0.226 e. The second kappa shape index (κ2) is 2.14. The number of rotatable bonds is 0. The summed E-state index contributed by atoms with van der Waals surface area (Å²) in [5.74, 6) is 9.22. The predicted octanol–water partition coefficient (Wildman–Crippen LogP) is 2.08. The lowest BCUT2D eigenvalue weighted by Crippen LogP contribution is -2.24. The lowest BCUT2D eigenvalue weighted by Gasteiger charge is -2.22. The van der Waals surface area contributed by atoms with Crippen LogP contribution in [0.15, 0.2) is 70.3 Å². The van der Waals surface area contributed by atoms with Gasteiger partial charge in [0.05, 0.1) is 0 Å². The summed E-state index contributed by atoms with van der Waals surface area (Å²) in [6.45, 7) is 1.10. The summed E-state index contributed by atoms with van der Waals surface area (Å²) in [5, 5.41) is 0. The molecule has 2 heteroatoms. The second-order valence-electron chi connectivity index (χ2n) is 4.23. The highest BCUT2D eigenvalue weighted by atomic mass is 14.2. The van der Waals surface area contributed by atoms with Crippen molar-refractivity contribution in [3.63, 3.8) is 0 Å². The predicted molar refractivity (Wildman–Crippen MR) is 62.1 cm³/mol. The molecule has 0 amide bonds. The van der Waals surface area contributed by atoms with Crippen LogP contribution in [0.3, 0.4) is 0 Å². The molecule has 0 aromatic heterocycles. The second-order valence-corrected chi connectivity index (χ2v) is 4.23. The zero-order valence-corrected chi connectivity index (χ0v) is 7.77. The highest BCUT2D eigenvalue weighted by Crippen LogP contribution is 2.40. The van der Waals surface area contributed by atoms with E-state index >= 15 is 0 Å². The molecule has 0 fully saturated rings. The van der Waals surface area contributed by atoms with E-state index in [1.165, 1.54) is 11.1 Å². The van der Waals surface area contributed by atoms with Gasteiger partial charge in [-0.25, -0.2) is 0 Å². The van der Waals surface area contributed by atoms with Crippen LogP contribution in [-0.2, 0) is 0 Å². The molecule has 0 aromatic rings. The Balaban J connectivity index is 2.07. The first-order valence-corrected chi connectivity index (χ1v) is 5.15. The van der Waals surface area contributed by atoms with Crippen molar-refractivity contribution in [3.05, 3.63) is 70.3 Å². The normalized spacial score (nSPS) is 24.6. The van der Waals surface area contributed by atoms with Crippen LogP contribution in [0.2, 0.25) is 0 Å². The molecule has 0 saturated heterocycles. The lowest BCUT2D eigenvalue weighted by molar-refractivity contribution is 1.55. The molecule has 4 heterocycles. The van der Waals surface area contributed by atoms with Crippen LogP contribution < -0.4 is 0 Å². The molecule has 0 saturated carbocycles. The van der Waals surface area contributed by atoms with Crippen molar-refractivity contribution in [2.75, 3.05) is 0 Å². The summed E-state index contributed by atoms with van der Waals surface area (Å²) in [6, 6.07) is 0. The topological polar surface area (TPSA) is 0 Å². The highest BCUT2D eigenvalue weighted by molar-refractivity contribution is 6.88. The quantitative estimate of drug-likeness (QED) is 0.493. The first kappa shape index (κ1) is 6.94. The summed E-state index contributed by atoms with van der Waals surface area (Å²) in [6.07, 6.45) is 9.05. The van der Waals surface area contributed by atoms with Gasteiger partial charge in [0, 0.05) is 0 Å². The molecule has 0 radical (unpaired) electrons. The summed E-state index contributed by atoms with van der Waals surface area (Å²) in [7, 11) is 0. The molecule has 0 aliphatic carbocycles. The first-order valence-electron chi connectivity index (χ1n) is 5.15. The van der Waals surface area contributed by atoms with Crippen molar-refractivity contribution in [1.29, 1.82) is 0 Å². The van der Waals surface area contributed by atoms with Crippen LogP contribution in [0, 0.1) is 0 Å². The van der Waals surface area contributed by atoms with Crippen LogP contribution in [-0.4, -0.2) is 13.4 Å². The van der Waals surface area contributed by atoms with Crippen molar-refractivity contribution in [3.8, 4) is 0 Å². The van der Waals surface area contributed by atoms with E-state index < -0.39 is 0 Å². The maximum Gasteiger partial charge on any atom is 0.226 e. The van der Waals surface area contributed by atoms with Crippen molar-refractivity contribution < 1.29 is 0 Å². The van der Waals surface area contributed by atoms with Gasteiger partial charge >= 0.3 is 0 Å². The Labute approximate surface area is 84.2 Å². The molecular weight excluding hydrogens is 166 g/mol. The van der Waals surface area contributed by atoms with Crippen molar-refractivity contribution in [1.82, 2.24) is 0 Å². The molecule has 4 rings (SSSR count). The van der Waals surface area contributed by atoms with E-state index in [4.69, 9.17) is 0 Å². The van der Waals surface area contributed by atoms with Gasteiger partial charge in [0.25, 0.3) is 0 Å². The molecule has 4 aliphatic heterocycles. The van der Waals surface area contributed by atoms with E-state index in [1.54, 1.807) is 10.9 Å². The minimum absolute atomic E-state index is 0.552. The van der Waals surface area contributed by atoms with Gasteiger partial charge in [-0.15, -0.1) is 23.9 Å². The number of allylic oxidation sites excluding steroid dienone is 8. The minimum atomic E-state index is 0.552. The molecule has 0 unspecified atom stereocenters. The zero-order chi connectivity index (χ0) is 9.12. The van der Waals surface area contributed by atoms with Crippen molar-refractivity contribution >= 4 is 13.4 Å². The Bertz CT molecular complexity index is 464. The molecule has 0 aromatic carbocycles. The fourth-order valence-corrected chi connectivity index (χ4v) is 2.87. The molecular formula is C12H8B2. The van der Waals surface area contributed by atoms with Gasteiger partial charge in [-0.05, 0) is 11.1 Å². The third-order valence-corrected chi connectivity index (χ3v) is 3.51.